The monoisotopic (exact) mass is 234 g/mol. The predicted octanol–water partition coefficient (Wildman–Crippen LogP) is 1.65. The number of hydrogen-bond donors (Lipinski definition) is 1. The van der Waals surface area contributed by atoms with Gasteiger partial charge in [-0.2, -0.15) is 0 Å². The third-order valence-corrected chi connectivity index (χ3v) is 2.49. The summed E-state index contributed by atoms with van der Waals surface area (Å²) in [5, 5.41) is 3.27. The number of aromatic nitrogens is 3. The first-order valence-corrected chi connectivity index (χ1v) is 5.52. The molecule has 0 aromatic carbocycles. The van der Waals surface area contributed by atoms with E-state index in [1.165, 1.54) is 12.3 Å². The van der Waals surface area contributed by atoms with E-state index in [4.69, 9.17) is 0 Å². The Bertz CT molecular complexity index is 495. The van der Waals surface area contributed by atoms with Crippen LogP contribution in [0.25, 0.3) is 0 Å². The summed E-state index contributed by atoms with van der Waals surface area (Å²) in [6, 6.07) is 1.36. The van der Waals surface area contributed by atoms with Gasteiger partial charge in [-0.05, 0) is 18.2 Å². The maximum absolute atomic E-state index is 13.2. The first-order valence-electron chi connectivity index (χ1n) is 5.52. The van der Waals surface area contributed by atoms with E-state index in [-0.39, 0.29) is 11.9 Å². The van der Waals surface area contributed by atoms with Crippen LogP contribution in [0.2, 0.25) is 0 Å². The number of nitrogens with zero attached hydrogens (tertiary/aromatic N) is 3. The van der Waals surface area contributed by atoms with Crippen LogP contribution in [-0.2, 0) is 7.05 Å². The lowest BCUT2D eigenvalue weighted by atomic mass is 10.1. The fourth-order valence-electron chi connectivity index (χ4n) is 1.77. The van der Waals surface area contributed by atoms with Gasteiger partial charge in [0, 0.05) is 19.4 Å². The van der Waals surface area contributed by atoms with Gasteiger partial charge in [0.2, 0.25) is 0 Å². The summed E-state index contributed by atoms with van der Waals surface area (Å²) in [5.74, 6) is -0.332. The van der Waals surface area contributed by atoms with E-state index in [1.807, 2.05) is 24.7 Å². The normalized spacial score (nSPS) is 12.6. The largest absolute Gasteiger partial charge is 0.340 e. The highest BCUT2D eigenvalue weighted by molar-refractivity contribution is 5.24. The Morgan fingerprint density at radius 1 is 1.47 bits per heavy atom. The van der Waals surface area contributed by atoms with E-state index in [0.29, 0.717) is 0 Å². The van der Waals surface area contributed by atoms with Crippen LogP contribution < -0.4 is 5.32 Å². The van der Waals surface area contributed by atoms with Gasteiger partial charge in [-0.25, -0.2) is 9.37 Å². The second-order valence-electron chi connectivity index (χ2n) is 3.89. The van der Waals surface area contributed by atoms with Crippen molar-refractivity contribution in [2.75, 3.05) is 6.54 Å². The Morgan fingerprint density at radius 2 is 2.29 bits per heavy atom. The molecule has 17 heavy (non-hydrogen) atoms. The maximum Gasteiger partial charge on any atom is 0.141 e. The second-order valence-corrected chi connectivity index (χ2v) is 3.89. The average molecular weight is 234 g/mol. The molecule has 5 heteroatoms. The smallest absolute Gasteiger partial charge is 0.141 e. The van der Waals surface area contributed by atoms with Crippen LogP contribution in [0.1, 0.15) is 24.2 Å². The van der Waals surface area contributed by atoms with Crippen LogP contribution in [-0.4, -0.2) is 21.1 Å². The summed E-state index contributed by atoms with van der Waals surface area (Å²) in [6.45, 7) is 2.78. The molecule has 1 unspecified atom stereocenters. The highest BCUT2D eigenvalue weighted by atomic mass is 19.1. The van der Waals surface area contributed by atoms with Gasteiger partial charge in [-0.15, -0.1) is 0 Å². The minimum atomic E-state index is -0.332. The molecule has 2 aromatic heterocycles. The fraction of sp³-hybridized carbons (Fsp3) is 0.333. The SMILES string of the molecule is CCNC(c1cncc(F)c1)c1cn(C)cn1. The van der Waals surface area contributed by atoms with E-state index < -0.39 is 0 Å². The zero-order valence-corrected chi connectivity index (χ0v) is 9.89. The van der Waals surface area contributed by atoms with Crippen molar-refractivity contribution in [3.8, 4) is 0 Å². The lowest BCUT2D eigenvalue weighted by Crippen LogP contribution is -2.22. The molecule has 1 atom stereocenters. The molecule has 90 valence electrons. The van der Waals surface area contributed by atoms with Crippen molar-refractivity contribution in [1.29, 1.82) is 0 Å². The van der Waals surface area contributed by atoms with Crippen molar-refractivity contribution < 1.29 is 4.39 Å². The molecule has 0 aliphatic heterocycles. The summed E-state index contributed by atoms with van der Waals surface area (Å²) < 4.78 is 15.0. The summed E-state index contributed by atoms with van der Waals surface area (Å²) in [4.78, 5) is 8.16. The summed E-state index contributed by atoms with van der Waals surface area (Å²) in [6.07, 6.45) is 6.50. The van der Waals surface area contributed by atoms with Crippen molar-refractivity contribution in [1.82, 2.24) is 19.9 Å². The molecular formula is C12H15FN4. The van der Waals surface area contributed by atoms with Gasteiger partial charge >= 0.3 is 0 Å². The van der Waals surface area contributed by atoms with Crippen LogP contribution in [0, 0.1) is 5.82 Å². The highest BCUT2D eigenvalue weighted by Crippen LogP contribution is 2.19. The first kappa shape index (κ1) is 11.7. The Kier molecular flexibility index (Phi) is 3.49. The Balaban J connectivity index is 2.35. The minimum absolute atomic E-state index is 0.121. The third kappa shape index (κ3) is 2.68. The Labute approximate surface area is 99.5 Å². The second kappa shape index (κ2) is 5.05. The van der Waals surface area contributed by atoms with Gasteiger partial charge < -0.3 is 9.88 Å². The molecule has 1 N–H and O–H groups in total. The number of halogens is 1. The quantitative estimate of drug-likeness (QED) is 0.874. The molecule has 0 radical (unpaired) electrons. The van der Waals surface area contributed by atoms with Crippen LogP contribution >= 0.6 is 0 Å². The van der Waals surface area contributed by atoms with E-state index in [2.05, 4.69) is 15.3 Å². The fourth-order valence-corrected chi connectivity index (χ4v) is 1.77. The lowest BCUT2D eigenvalue weighted by molar-refractivity contribution is 0.590. The Morgan fingerprint density at radius 3 is 2.88 bits per heavy atom. The van der Waals surface area contributed by atoms with E-state index >= 15 is 0 Å². The summed E-state index contributed by atoms with van der Waals surface area (Å²) >= 11 is 0. The number of imidazole rings is 1. The van der Waals surface area contributed by atoms with Crippen molar-refractivity contribution in [2.24, 2.45) is 7.05 Å². The average Bonchev–Trinajstić information content (AvgIpc) is 2.72. The van der Waals surface area contributed by atoms with Gasteiger partial charge in [-0.1, -0.05) is 6.92 Å². The van der Waals surface area contributed by atoms with Crippen LogP contribution in [0.15, 0.2) is 31.0 Å². The number of nitrogens with one attached hydrogen (secondary N) is 1. The molecule has 0 aliphatic carbocycles. The van der Waals surface area contributed by atoms with Gasteiger partial charge in [0.1, 0.15) is 5.82 Å². The molecule has 0 amide bonds. The van der Waals surface area contributed by atoms with Crippen molar-refractivity contribution in [3.05, 3.63) is 48.1 Å². The van der Waals surface area contributed by atoms with Gasteiger partial charge in [-0.3, -0.25) is 4.98 Å². The predicted molar refractivity (Wildman–Crippen MR) is 62.9 cm³/mol. The van der Waals surface area contributed by atoms with E-state index in [9.17, 15) is 4.39 Å². The van der Waals surface area contributed by atoms with E-state index in [1.54, 1.807) is 12.5 Å². The molecule has 0 spiro atoms. The first-order chi connectivity index (χ1) is 8.20. The molecule has 0 fully saturated rings. The molecule has 4 nitrogen and oxygen atoms in total. The molecule has 2 rings (SSSR count). The number of pyridine rings is 1. The molecule has 2 aromatic rings. The van der Waals surface area contributed by atoms with Crippen LogP contribution in [0.3, 0.4) is 0 Å². The van der Waals surface area contributed by atoms with Crippen molar-refractivity contribution in [3.63, 3.8) is 0 Å². The van der Waals surface area contributed by atoms with E-state index in [0.717, 1.165) is 17.8 Å². The molecular weight excluding hydrogens is 219 g/mol. The third-order valence-electron chi connectivity index (χ3n) is 2.49. The summed E-state index contributed by atoms with van der Waals surface area (Å²) in [5.41, 5.74) is 1.65. The lowest BCUT2D eigenvalue weighted by Gasteiger charge is -2.15. The number of rotatable bonds is 4. The minimum Gasteiger partial charge on any atom is -0.340 e. The van der Waals surface area contributed by atoms with Crippen molar-refractivity contribution in [2.45, 2.75) is 13.0 Å². The van der Waals surface area contributed by atoms with Crippen LogP contribution in [0.5, 0.6) is 0 Å². The van der Waals surface area contributed by atoms with Gasteiger partial charge in [0.05, 0.1) is 24.3 Å². The van der Waals surface area contributed by atoms with Gasteiger partial charge in [0.15, 0.2) is 0 Å². The molecule has 0 bridgehead atoms. The maximum atomic E-state index is 13.2. The molecule has 2 heterocycles. The highest BCUT2D eigenvalue weighted by Gasteiger charge is 2.16. The zero-order chi connectivity index (χ0) is 12.3. The molecule has 0 saturated heterocycles. The zero-order valence-electron chi connectivity index (χ0n) is 9.89. The standard InChI is InChI=1S/C12H15FN4/c1-3-15-12(11-7-17(2)8-16-11)9-4-10(13)6-14-5-9/h4-8,12,15H,3H2,1-2H3. The topological polar surface area (TPSA) is 42.7 Å². The summed E-state index contributed by atoms with van der Waals surface area (Å²) in [7, 11) is 1.91. The number of aryl methyl sites for hydroxylation is 1. The molecule has 0 saturated carbocycles. The number of hydrogen-bond acceptors (Lipinski definition) is 3. The van der Waals surface area contributed by atoms with Crippen LogP contribution in [0.4, 0.5) is 4.39 Å². The van der Waals surface area contributed by atoms with Gasteiger partial charge in [0.25, 0.3) is 0 Å². The van der Waals surface area contributed by atoms with Crippen molar-refractivity contribution >= 4 is 0 Å². The molecule has 0 aliphatic rings. The Hall–Kier alpha value is -1.75.